The van der Waals surface area contributed by atoms with Crippen LogP contribution in [0.1, 0.15) is 43.4 Å². The van der Waals surface area contributed by atoms with E-state index in [2.05, 4.69) is 46.4 Å². The molecule has 1 spiro atoms. The number of carbonyl (C=O) groups is 1. The molecule has 0 saturated carbocycles. The number of nitrogens with zero attached hydrogens (tertiary/aromatic N) is 1. The second kappa shape index (κ2) is 5.68. The van der Waals surface area contributed by atoms with Crippen LogP contribution in [0.15, 0.2) is 24.3 Å². The fourth-order valence-corrected chi connectivity index (χ4v) is 4.44. The summed E-state index contributed by atoms with van der Waals surface area (Å²) in [6.45, 7) is 4.88. The van der Waals surface area contributed by atoms with Gasteiger partial charge in [0, 0.05) is 35.1 Å². The Bertz CT molecular complexity index is 722. The highest BCUT2D eigenvalue weighted by Gasteiger charge is 2.42. The van der Waals surface area contributed by atoms with Gasteiger partial charge in [-0.3, -0.25) is 4.79 Å². The van der Waals surface area contributed by atoms with Crippen molar-refractivity contribution >= 4 is 16.8 Å². The van der Waals surface area contributed by atoms with Crippen molar-refractivity contribution in [3.05, 3.63) is 35.5 Å². The number of amides is 1. The highest BCUT2D eigenvalue weighted by molar-refractivity contribution is 5.85. The minimum atomic E-state index is 0.0775. The lowest BCUT2D eigenvalue weighted by Crippen LogP contribution is -2.58. The molecule has 2 saturated heterocycles. The average Bonchev–Trinajstić information content (AvgIpc) is 2.93. The molecule has 4 rings (SSSR count). The molecule has 0 aliphatic carbocycles. The number of nitrogens with one attached hydrogen (secondary N) is 2. The average molecular weight is 311 g/mol. The number of hydrogen-bond donors (Lipinski definition) is 2. The smallest absolute Gasteiger partial charge is 0.223 e. The predicted molar refractivity (Wildman–Crippen MR) is 92.3 cm³/mol. The van der Waals surface area contributed by atoms with Crippen LogP contribution in [0.4, 0.5) is 0 Å². The number of aromatic nitrogens is 1. The Balaban J connectivity index is 1.70. The van der Waals surface area contributed by atoms with Crippen molar-refractivity contribution in [2.24, 2.45) is 0 Å². The Hall–Kier alpha value is -1.81. The lowest BCUT2D eigenvalue weighted by Gasteiger charge is -2.49. The fraction of sp³-hybridized carbons (Fsp3) is 0.526. The van der Waals surface area contributed by atoms with E-state index >= 15 is 0 Å². The minimum absolute atomic E-state index is 0.0775. The fourth-order valence-electron chi connectivity index (χ4n) is 4.44. The van der Waals surface area contributed by atoms with Crippen LogP contribution in [0.3, 0.4) is 0 Å². The van der Waals surface area contributed by atoms with Crippen LogP contribution >= 0.6 is 0 Å². The maximum Gasteiger partial charge on any atom is 0.223 e. The number of piperidine rings is 2. The second-order valence-electron chi connectivity index (χ2n) is 7.14. The third-order valence-corrected chi connectivity index (χ3v) is 5.66. The molecule has 0 bridgehead atoms. The number of aryl methyl sites for hydroxylation is 1. The zero-order valence-corrected chi connectivity index (χ0v) is 13.8. The van der Waals surface area contributed by atoms with Gasteiger partial charge in [-0.25, -0.2) is 0 Å². The molecule has 4 nitrogen and oxygen atoms in total. The largest absolute Gasteiger partial charge is 0.359 e. The van der Waals surface area contributed by atoms with Crippen molar-refractivity contribution in [2.45, 2.75) is 51.1 Å². The van der Waals surface area contributed by atoms with E-state index in [1.807, 2.05) is 0 Å². The molecule has 23 heavy (non-hydrogen) atoms. The molecule has 1 amide bonds. The van der Waals surface area contributed by atoms with E-state index in [9.17, 15) is 4.79 Å². The molecule has 2 fully saturated rings. The molecule has 0 atom stereocenters. The first-order valence-corrected chi connectivity index (χ1v) is 8.76. The first-order valence-electron chi connectivity index (χ1n) is 8.76. The lowest BCUT2D eigenvalue weighted by molar-refractivity contribution is -0.144. The van der Waals surface area contributed by atoms with Gasteiger partial charge in [0.05, 0.1) is 0 Å². The summed E-state index contributed by atoms with van der Waals surface area (Å²) in [4.78, 5) is 18.3. The van der Waals surface area contributed by atoms with Gasteiger partial charge in [0.15, 0.2) is 0 Å². The molecule has 1 aromatic heterocycles. The van der Waals surface area contributed by atoms with Gasteiger partial charge in [0.25, 0.3) is 0 Å². The third kappa shape index (κ3) is 2.55. The van der Waals surface area contributed by atoms with Gasteiger partial charge in [-0.05, 0) is 63.4 Å². The summed E-state index contributed by atoms with van der Waals surface area (Å²) in [6.07, 6.45) is 5.07. The van der Waals surface area contributed by atoms with E-state index in [-0.39, 0.29) is 5.54 Å². The van der Waals surface area contributed by atoms with Crippen molar-refractivity contribution in [3.8, 4) is 0 Å². The van der Waals surface area contributed by atoms with Gasteiger partial charge in [-0.2, -0.15) is 0 Å². The van der Waals surface area contributed by atoms with Crippen LogP contribution in [-0.2, 0) is 11.3 Å². The topological polar surface area (TPSA) is 48.1 Å². The number of carbonyl (C=O) groups excluding carboxylic acids is 1. The number of H-pyrrole nitrogens is 1. The van der Waals surface area contributed by atoms with Crippen molar-refractivity contribution in [3.63, 3.8) is 0 Å². The van der Waals surface area contributed by atoms with Gasteiger partial charge in [0.2, 0.25) is 5.91 Å². The zero-order chi connectivity index (χ0) is 15.9. The van der Waals surface area contributed by atoms with E-state index in [1.165, 1.54) is 22.2 Å². The van der Waals surface area contributed by atoms with Crippen molar-refractivity contribution in [2.75, 3.05) is 13.1 Å². The van der Waals surface area contributed by atoms with E-state index in [0.717, 1.165) is 45.3 Å². The van der Waals surface area contributed by atoms with E-state index < -0.39 is 0 Å². The van der Waals surface area contributed by atoms with E-state index in [0.29, 0.717) is 12.3 Å². The molecule has 1 aromatic carbocycles. The Labute approximate surface area is 137 Å². The summed E-state index contributed by atoms with van der Waals surface area (Å²) >= 11 is 0. The zero-order valence-electron chi connectivity index (χ0n) is 13.8. The standard InChI is InChI=1S/C19H25N3O/c1-14-12-16-15(4-2-5-17(16)21-14)13-22-18(23)6-3-7-19(22)8-10-20-11-9-19/h2,4-5,12,20-21H,3,6-11,13H2,1H3. The van der Waals surface area contributed by atoms with Gasteiger partial charge >= 0.3 is 0 Å². The number of hydrogen-bond acceptors (Lipinski definition) is 2. The van der Waals surface area contributed by atoms with Crippen LogP contribution in [0.2, 0.25) is 0 Å². The molecule has 0 radical (unpaired) electrons. The number of benzene rings is 1. The Morgan fingerprint density at radius 1 is 1.22 bits per heavy atom. The monoisotopic (exact) mass is 311 g/mol. The van der Waals surface area contributed by atoms with Crippen LogP contribution in [-0.4, -0.2) is 34.4 Å². The maximum atomic E-state index is 12.7. The summed E-state index contributed by atoms with van der Waals surface area (Å²) in [7, 11) is 0. The third-order valence-electron chi connectivity index (χ3n) is 5.66. The van der Waals surface area contributed by atoms with Crippen molar-refractivity contribution < 1.29 is 4.79 Å². The number of rotatable bonds is 2. The molecular formula is C19H25N3O. The lowest BCUT2D eigenvalue weighted by atomic mass is 9.78. The number of likely N-dealkylation sites (tertiary alicyclic amines) is 1. The van der Waals surface area contributed by atoms with Gasteiger partial charge in [0.1, 0.15) is 0 Å². The Morgan fingerprint density at radius 2 is 2.04 bits per heavy atom. The first kappa shape index (κ1) is 14.8. The van der Waals surface area contributed by atoms with Crippen LogP contribution in [0, 0.1) is 6.92 Å². The molecule has 3 heterocycles. The molecule has 2 aliphatic rings. The summed E-state index contributed by atoms with van der Waals surface area (Å²) in [5, 5.41) is 4.70. The summed E-state index contributed by atoms with van der Waals surface area (Å²) in [5.41, 5.74) is 3.69. The van der Waals surface area contributed by atoms with Crippen LogP contribution in [0.25, 0.3) is 10.9 Å². The van der Waals surface area contributed by atoms with Crippen molar-refractivity contribution in [1.29, 1.82) is 0 Å². The first-order chi connectivity index (χ1) is 11.2. The summed E-state index contributed by atoms with van der Waals surface area (Å²) in [6, 6.07) is 8.59. The summed E-state index contributed by atoms with van der Waals surface area (Å²) < 4.78 is 0. The molecular weight excluding hydrogens is 286 g/mol. The highest BCUT2D eigenvalue weighted by Crippen LogP contribution is 2.38. The van der Waals surface area contributed by atoms with Crippen molar-refractivity contribution in [1.82, 2.24) is 15.2 Å². The van der Waals surface area contributed by atoms with Gasteiger partial charge < -0.3 is 15.2 Å². The predicted octanol–water partition coefficient (Wildman–Crippen LogP) is 3.11. The maximum absolute atomic E-state index is 12.7. The molecule has 2 N–H and O–H groups in total. The Morgan fingerprint density at radius 3 is 2.87 bits per heavy atom. The molecule has 0 unspecified atom stereocenters. The quantitative estimate of drug-likeness (QED) is 0.895. The van der Waals surface area contributed by atoms with E-state index in [1.54, 1.807) is 0 Å². The normalized spacial score (nSPS) is 21.3. The number of fused-ring (bicyclic) bond motifs is 1. The Kier molecular flexibility index (Phi) is 3.64. The molecule has 2 aromatic rings. The highest BCUT2D eigenvalue weighted by atomic mass is 16.2. The van der Waals surface area contributed by atoms with Crippen LogP contribution in [0.5, 0.6) is 0 Å². The van der Waals surface area contributed by atoms with E-state index in [4.69, 9.17) is 0 Å². The van der Waals surface area contributed by atoms with Crippen LogP contribution < -0.4 is 5.32 Å². The summed E-state index contributed by atoms with van der Waals surface area (Å²) in [5.74, 6) is 0.336. The molecule has 122 valence electrons. The molecule has 2 aliphatic heterocycles. The van der Waals surface area contributed by atoms with Gasteiger partial charge in [-0.1, -0.05) is 12.1 Å². The molecule has 4 heteroatoms. The number of aromatic amines is 1. The minimum Gasteiger partial charge on any atom is -0.359 e. The SMILES string of the molecule is Cc1cc2c(CN3C(=O)CCCC34CCNCC4)cccc2[nH]1. The van der Waals surface area contributed by atoms with Gasteiger partial charge in [-0.15, -0.1) is 0 Å². The second-order valence-corrected chi connectivity index (χ2v) is 7.14.